The minimum atomic E-state index is -0.603. The number of rotatable bonds is 5. The van der Waals surface area contributed by atoms with Gasteiger partial charge in [0, 0.05) is 30.4 Å². The molecule has 168 valence electrons. The van der Waals surface area contributed by atoms with Crippen LogP contribution in [-0.2, 0) is 16.0 Å². The van der Waals surface area contributed by atoms with Crippen LogP contribution in [0.2, 0.25) is 0 Å². The third kappa shape index (κ3) is 5.30. The van der Waals surface area contributed by atoms with Crippen LogP contribution in [-0.4, -0.2) is 58.8 Å². The Kier molecular flexibility index (Phi) is 7.09. The molecule has 0 radical (unpaired) electrons. The van der Waals surface area contributed by atoms with Crippen LogP contribution >= 0.6 is 11.8 Å². The Bertz CT molecular complexity index is 979. The molecule has 2 aliphatic rings. The average Bonchev–Trinajstić information content (AvgIpc) is 2.82. The van der Waals surface area contributed by atoms with Crippen molar-refractivity contribution in [3.63, 3.8) is 0 Å². The number of nitrogens with zero attached hydrogens (tertiary/aromatic N) is 1. The van der Waals surface area contributed by atoms with E-state index in [1.165, 1.54) is 17.8 Å². The second-order valence-corrected chi connectivity index (χ2v) is 9.36. The minimum absolute atomic E-state index is 0.00668. The summed E-state index contributed by atoms with van der Waals surface area (Å²) in [5, 5.41) is 5.39. The number of hydrogen-bond acceptors (Lipinski definition) is 4. The quantitative estimate of drug-likeness (QED) is 0.726. The fourth-order valence-electron chi connectivity index (χ4n) is 4.04. The van der Waals surface area contributed by atoms with Crippen molar-refractivity contribution in [1.82, 2.24) is 15.5 Å². The summed E-state index contributed by atoms with van der Waals surface area (Å²) in [5.41, 5.74) is 1.17. The largest absolute Gasteiger partial charge is 0.351 e. The third-order valence-electron chi connectivity index (χ3n) is 5.90. The van der Waals surface area contributed by atoms with E-state index in [0.29, 0.717) is 49.2 Å². The molecule has 8 heteroatoms. The van der Waals surface area contributed by atoms with E-state index in [9.17, 15) is 18.8 Å². The van der Waals surface area contributed by atoms with Gasteiger partial charge in [-0.3, -0.25) is 14.4 Å². The van der Waals surface area contributed by atoms with E-state index in [2.05, 4.69) is 10.6 Å². The first-order valence-electron chi connectivity index (χ1n) is 10.8. The zero-order valence-corrected chi connectivity index (χ0v) is 18.4. The van der Waals surface area contributed by atoms with Gasteiger partial charge in [-0.15, -0.1) is 11.8 Å². The van der Waals surface area contributed by atoms with Crippen LogP contribution < -0.4 is 10.6 Å². The second-order valence-electron chi connectivity index (χ2n) is 8.12. The van der Waals surface area contributed by atoms with Crippen LogP contribution in [0.15, 0.2) is 54.6 Å². The molecule has 32 heavy (non-hydrogen) atoms. The van der Waals surface area contributed by atoms with E-state index in [0.717, 1.165) is 0 Å². The lowest BCUT2D eigenvalue weighted by molar-refractivity contribution is -0.129. The van der Waals surface area contributed by atoms with Crippen molar-refractivity contribution in [1.29, 1.82) is 0 Å². The molecule has 0 aromatic heterocycles. The molecule has 2 N–H and O–H groups in total. The smallest absolute Gasteiger partial charge is 0.253 e. The molecule has 0 aliphatic carbocycles. The number of hydrogen-bond donors (Lipinski definition) is 2. The molecule has 2 heterocycles. The molecule has 4 rings (SSSR count). The monoisotopic (exact) mass is 455 g/mol. The molecular formula is C24H26FN3O3S. The maximum atomic E-state index is 13.9. The molecule has 0 saturated carbocycles. The van der Waals surface area contributed by atoms with Crippen molar-refractivity contribution < 1.29 is 18.8 Å². The minimum Gasteiger partial charge on any atom is -0.351 e. The highest BCUT2D eigenvalue weighted by atomic mass is 32.2. The van der Waals surface area contributed by atoms with E-state index in [1.54, 1.807) is 30.3 Å². The topological polar surface area (TPSA) is 78.5 Å². The molecule has 2 fully saturated rings. The van der Waals surface area contributed by atoms with Crippen molar-refractivity contribution in [2.75, 3.05) is 18.8 Å². The Morgan fingerprint density at radius 3 is 2.44 bits per heavy atom. The third-order valence-corrected chi connectivity index (χ3v) is 7.21. The van der Waals surface area contributed by atoms with Gasteiger partial charge in [-0.1, -0.05) is 36.4 Å². The lowest BCUT2D eigenvalue weighted by Crippen LogP contribution is -2.57. The summed E-state index contributed by atoms with van der Waals surface area (Å²) in [4.78, 5) is 39.5. The number of nitrogens with one attached hydrogen (secondary N) is 2. The van der Waals surface area contributed by atoms with Crippen LogP contribution in [0, 0.1) is 5.82 Å². The molecule has 0 spiro atoms. The zero-order valence-electron chi connectivity index (χ0n) is 17.6. The highest BCUT2D eigenvalue weighted by Gasteiger charge is 2.34. The van der Waals surface area contributed by atoms with Gasteiger partial charge < -0.3 is 15.5 Å². The Balaban J connectivity index is 1.23. The summed E-state index contributed by atoms with van der Waals surface area (Å²) in [5.74, 6) is -0.316. The van der Waals surface area contributed by atoms with Crippen molar-refractivity contribution in [3.8, 4) is 0 Å². The Morgan fingerprint density at radius 1 is 1.06 bits per heavy atom. The van der Waals surface area contributed by atoms with Gasteiger partial charge in [0.1, 0.15) is 11.9 Å². The van der Waals surface area contributed by atoms with Crippen LogP contribution in [0.5, 0.6) is 0 Å². The lowest BCUT2D eigenvalue weighted by atomic mass is 10.0. The lowest BCUT2D eigenvalue weighted by Gasteiger charge is -2.34. The van der Waals surface area contributed by atoms with E-state index < -0.39 is 11.3 Å². The fourth-order valence-corrected chi connectivity index (χ4v) is 5.22. The van der Waals surface area contributed by atoms with E-state index in [4.69, 9.17) is 0 Å². The van der Waals surface area contributed by atoms with E-state index in [1.807, 2.05) is 23.1 Å². The second kappa shape index (κ2) is 10.2. The summed E-state index contributed by atoms with van der Waals surface area (Å²) in [6.45, 7) is 1.16. The highest BCUT2D eigenvalue weighted by Crippen LogP contribution is 2.23. The summed E-state index contributed by atoms with van der Waals surface area (Å²) in [6, 6.07) is 15.0. The average molecular weight is 456 g/mol. The highest BCUT2D eigenvalue weighted by molar-refractivity contribution is 8.00. The first kappa shape index (κ1) is 22.3. The van der Waals surface area contributed by atoms with Crippen LogP contribution in [0.25, 0.3) is 0 Å². The molecular weight excluding hydrogens is 429 g/mol. The van der Waals surface area contributed by atoms with Gasteiger partial charge in [-0.25, -0.2) is 4.39 Å². The van der Waals surface area contributed by atoms with E-state index in [-0.39, 0.29) is 29.6 Å². The van der Waals surface area contributed by atoms with Gasteiger partial charge >= 0.3 is 0 Å². The van der Waals surface area contributed by atoms with Crippen LogP contribution in [0.4, 0.5) is 4.39 Å². The van der Waals surface area contributed by atoms with Gasteiger partial charge in [0.2, 0.25) is 11.8 Å². The van der Waals surface area contributed by atoms with Gasteiger partial charge in [-0.2, -0.15) is 0 Å². The maximum Gasteiger partial charge on any atom is 0.253 e. The fraction of sp³-hybridized carbons (Fsp3) is 0.375. The summed E-state index contributed by atoms with van der Waals surface area (Å²) in [7, 11) is 0. The normalized spacial score (nSPS) is 21.7. The molecule has 2 atom stereocenters. The van der Waals surface area contributed by atoms with Crippen molar-refractivity contribution >= 4 is 29.5 Å². The Labute approximate surface area is 190 Å². The maximum absolute atomic E-state index is 13.9. The number of carbonyl (C=O) groups excluding carboxylic acids is 3. The van der Waals surface area contributed by atoms with Gasteiger partial charge in [0.05, 0.1) is 5.25 Å². The standard InChI is InChI=1S/C24H26FN3O3S/c25-19-9-5-4-8-17(19)14-21-23(30)27-20(15-32-21)22(29)26-18-10-12-28(13-11-18)24(31)16-6-2-1-3-7-16/h1-9,18,20-21H,10-15H2,(H,26,29)(H,27,30)/t20-,21-/m0/s1. The molecule has 3 amide bonds. The van der Waals surface area contributed by atoms with Gasteiger partial charge in [-0.05, 0) is 43.0 Å². The van der Waals surface area contributed by atoms with Crippen LogP contribution in [0.3, 0.4) is 0 Å². The molecule has 2 saturated heterocycles. The first-order valence-corrected chi connectivity index (χ1v) is 11.9. The van der Waals surface area contributed by atoms with Gasteiger partial charge in [0.15, 0.2) is 0 Å². The number of amides is 3. The predicted molar refractivity (Wildman–Crippen MR) is 122 cm³/mol. The molecule has 0 unspecified atom stereocenters. The molecule has 0 bridgehead atoms. The molecule has 6 nitrogen and oxygen atoms in total. The first-order chi connectivity index (χ1) is 15.5. The molecule has 2 aromatic carbocycles. The number of benzene rings is 2. The Morgan fingerprint density at radius 2 is 1.75 bits per heavy atom. The zero-order chi connectivity index (χ0) is 22.5. The van der Waals surface area contributed by atoms with Crippen molar-refractivity contribution in [3.05, 3.63) is 71.5 Å². The SMILES string of the molecule is O=C(NC1CCN(C(=O)c2ccccc2)CC1)[C@@H]1CS[C@@H](Cc2ccccc2F)C(=O)N1. The number of halogens is 1. The molecule has 2 aromatic rings. The summed E-state index contributed by atoms with van der Waals surface area (Å²) < 4.78 is 13.9. The van der Waals surface area contributed by atoms with Crippen LogP contribution in [0.1, 0.15) is 28.8 Å². The van der Waals surface area contributed by atoms with E-state index >= 15 is 0 Å². The number of piperidine rings is 1. The molecule has 2 aliphatic heterocycles. The number of carbonyl (C=O) groups is 3. The van der Waals surface area contributed by atoms with Crippen molar-refractivity contribution in [2.24, 2.45) is 0 Å². The summed E-state index contributed by atoms with van der Waals surface area (Å²) >= 11 is 1.38. The summed E-state index contributed by atoms with van der Waals surface area (Å²) in [6.07, 6.45) is 1.65. The Hall–Kier alpha value is -2.87. The van der Waals surface area contributed by atoms with Gasteiger partial charge in [0.25, 0.3) is 5.91 Å². The number of thioether (sulfide) groups is 1. The van der Waals surface area contributed by atoms with Crippen molar-refractivity contribution in [2.45, 2.75) is 36.6 Å². The number of likely N-dealkylation sites (tertiary alicyclic amines) is 1. The predicted octanol–water partition coefficient (Wildman–Crippen LogP) is 2.39.